The fourth-order valence-corrected chi connectivity index (χ4v) is 1.45. The number of unbranched alkanes of at least 4 members (excludes halogenated alkanes) is 5. The first kappa shape index (κ1) is 12.8. The minimum Gasteiger partial charge on any atom is -0.0985 e. The van der Waals surface area contributed by atoms with Gasteiger partial charge in [0.2, 0.25) is 0 Å². The van der Waals surface area contributed by atoms with Crippen LogP contribution in [0.4, 0.5) is 0 Å². The van der Waals surface area contributed by atoms with Crippen LogP contribution in [-0.4, -0.2) is 5.33 Å². The molecule has 0 aromatic rings. The highest BCUT2D eigenvalue weighted by atomic mass is 79.9. The highest BCUT2D eigenvalue weighted by molar-refractivity contribution is 9.09. The van der Waals surface area contributed by atoms with Crippen molar-refractivity contribution in [3.8, 4) is 11.8 Å². The second kappa shape index (κ2) is 11.8. The Balaban J connectivity index is 3.04. The molecular weight excluding hydrogens is 224 g/mol. The second-order valence-electron chi connectivity index (χ2n) is 3.03. The molecule has 0 nitrogen and oxygen atoms in total. The Hall–Kier alpha value is -0.220. The molecule has 13 heavy (non-hydrogen) atoms. The summed E-state index contributed by atoms with van der Waals surface area (Å²) < 4.78 is 0. The van der Waals surface area contributed by atoms with Crippen LogP contribution in [0.15, 0.2) is 12.2 Å². The van der Waals surface area contributed by atoms with Gasteiger partial charge < -0.3 is 0 Å². The molecule has 0 amide bonds. The molecule has 0 aromatic heterocycles. The summed E-state index contributed by atoms with van der Waals surface area (Å²) in [5.41, 5.74) is 0. The SMILES string of the molecule is CC=CC#CCCCCCCCBr. The van der Waals surface area contributed by atoms with E-state index in [4.69, 9.17) is 0 Å². The molecule has 0 unspecified atom stereocenters. The zero-order chi connectivity index (χ0) is 9.78. The first-order chi connectivity index (χ1) is 6.41. The van der Waals surface area contributed by atoms with Crippen molar-refractivity contribution in [2.45, 2.75) is 45.4 Å². The molecule has 0 fully saturated rings. The maximum absolute atomic E-state index is 3.43. The predicted molar refractivity (Wildman–Crippen MR) is 64.1 cm³/mol. The summed E-state index contributed by atoms with van der Waals surface area (Å²) in [6.07, 6.45) is 11.5. The van der Waals surface area contributed by atoms with Crippen molar-refractivity contribution < 1.29 is 0 Å². The smallest absolute Gasteiger partial charge is 0.00922 e. The summed E-state index contributed by atoms with van der Waals surface area (Å²) in [5.74, 6) is 6.13. The molecule has 0 N–H and O–H groups in total. The van der Waals surface area contributed by atoms with Gasteiger partial charge >= 0.3 is 0 Å². The Morgan fingerprint density at radius 2 is 1.77 bits per heavy atom. The van der Waals surface area contributed by atoms with Gasteiger partial charge in [0, 0.05) is 11.8 Å². The molecular formula is C12H19Br. The lowest BCUT2D eigenvalue weighted by atomic mass is 10.1. The summed E-state index contributed by atoms with van der Waals surface area (Å²) in [5, 5.41) is 1.15. The van der Waals surface area contributed by atoms with Gasteiger partial charge in [0.1, 0.15) is 0 Å². The highest BCUT2D eigenvalue weighted by Crippen LogP contribution is 2.05. The van der Waals surface area contributed by atoms with Crippen LogP contribution in [0, 0.1) is 11.8 Å². The van der Waals surface area contributed by atoms with Gasteiger partial charge in [-0.3, -0.25) is 0 Å². The van der Waals surface area contributed by atoms with E-state index in [9.17, 15) is 0 Å². The number of rotatable bonds is 6. The Kier molecular flexibility index (Phi) is 11.6. The van der Waals surface area contributed by atoms with E-state index < -0.39 is 0 Å². The fraction of sp³-hybridized carbons (Fsp3) is 0.667. The van der Waals surface area contributed by atoms with Crippen molar-refractivity contribution in [2.75, 3.05) is 5.33 Å². The summed E-state index contributed by atoms with van der Waals surface area (Å²) >= 11 is 3.43. The second-order valence-corrected chi connectivity index (χ2v) is 3.82. The van der Waals surface area contributed by atoms with Crippen molar-refractivity contribution in [2.24, 2.45) is 0 Å². The molecule has 0 bridgehead atoms. The van der Waals surface area contributed by atoms with Crippen LogP contribution in [0.5, 0.6) is 0 Å². The lowest BCUT2D eigenvalue weighted by Gasteiger charge is -1.95. The number of allylic oxidation sites excluding steroid dienone is 2. The largest absolute Gasteiger partial charge is 0.0985 e. The van der Waals surface area contributed by atoms with Crippen LogP contribution in [0.25, 0.3) is 0 Å². The van der Waals surface area contributed by atoms with Crippen molar-refractivity contribution in [3.05, 3.63) is 12.2 Å². The third kappa shape index (κ3) is 11.8. The minimum atomic E-state index is 1.05. The van der Waals surface area contributed by atoms with E-state index in [1.807, 2.05) is 19.1 Å². The molecule has 0 heterocycles. The summed E-state index contributed by atoms with van der Waals surface area (Å²) in [7, 11) is 0. The summed E-state index contributed by atoms with van der Waals surface area (Å²) in [6, 6.07) is 0. The monoisotopic (exact) mass is 242 g/mol. The first-order valence-electron chi connectivity index (χ1n) is 5.07. The molecule has 0 radical (unpaired) electrons. The van der Waals surface area contributed by atoms with Gasteiger partial charge in [0.15, 0.2) is 0 Å². The van der Waals surface area contributed by atoms with Gasteiger partial charge in [-0.15, -0.1) is 0 Å². The van der Waals surface area contributed by atoms with E-state index in [0.717, 1.165) is 11.8 Å². The van der Waals surface area contributed by atoms with E-state index in [1.165, 1.54) is 32.1 Å². The van der Waals surface area contributed by atoms with Crippen molar-refractivity contribution in [1.82, 2.24) is 0 Å². The molecule has 0 rings (SSSR count). The average molecular weight is 243 g/mol. The number of alkyl halides is 1. The molecule has 0 aliphatic carbocycles. The normalized spacial score (nSPS) is 10.0. The van der Waals surface area contributed by atoms with E-state index in [1.54, 1.807) is 0 Å². The lowest BCUT2D eigenvalue weighted by molar-refractivity contribution is 0.645. The van der Waals surface area contributed by atoms with E-state index in [0.29, 0.717) is 0 Å². The number of halogens is 1. The molecule has 1 heteroatoms. The van der Waals surface area contributed by atoms with Gasteiger partial charge in [-0.2, -0.15) is 0 Å². The van der Waals surface area contributed by atoms with Crippen molar-refractivity contribution >= 4 is 15.9 Å². The van der Waals surface area contributed by atoms with Crippen LogP contribution in [0.1, 0.15) is 45.4 Å². The Morgan fingerprint density at radius 1 is 1.08 bits per heavy atom. The van der Waals surface area contributed by atoms with Crippen molar-refractivity contribution in [3.63, 3.8) is 0 Å². The van der Waals surface area contributed by atoms with Crippen LogP contribution in [0.2, 0.25) is 0 Å². The predicted octanol–water partition coefficient (Wildman–Crippen LogP) is 4.30. The number of hydrogen-bond acceptors (Lipinski definition) is 0. The summed E-state index contributed by atoms with van der Waals surface area (Å²) in [6.45, 7) is 1.99. The van der Waals surface area contributed by atoms with E-state index >= 15 is 0 Å². The van der Waals surface area contributed by atoms with Gasteiger partial charge in [0.05, 0.1) is 0 Å². The Bertz CT molecular complexity index is 171. The molecule has 0 aromatic carbocycles. The average Bonchev–Trinajstić information content (AvgIpc) is 2.16. The van der Waals surface area contributed by atoms with E-state index in [-0.39, 0.29) is 0 Å². The lowest BCUT2D eigenvalue weighted by Crippen LogP contribution is -1.79. The molecule has 74 valence electrons. The molecule has 0 aliphatic heterocycles. The molecule has 0 saturated carbocycles. The first-order valence-corrected chi connectivity index (χ1v) is 6.19. The Morgan fingerprint density at radius 3 is 2.46 bits per heavy atom. The quantitative estimate of drug-likeness (QED) is 0.370. The van der Waals surface area contributed by atoms with Gasteiger partial charge in [-0.25, -0.2) is 0 Å². The highest BCUT2D eigenvalue weighted by Gasteiger charge is 1.87. The zero-order valence-corrected chi connectivity index (χ0v) is 10.1. The van der Waals surface area contributed by atoms with Crippen LogP contribution >= 0.6 is 15.9 Å². The van der Waals surface area contributed by atoms with Crippen LogP contribution in [0.3, 0.4) is 0 Å². The van der Waals surface area contributed by atoms with Gasteiger partial charge in [-0.05, 0) is 25.8 Å². The standard InChI is InChI=1S/C12H19Br/c1-2-3-4-5-6-7-8-9-10-11-12-13/h2-3H,6-12H2,1H3. The molecule has 0 saturated heterocycles. The maximum atomic E-state index is 3.43. The van der Waals surface area contributed by atoms with Crippen molar-refractivity contribution in [1.29, 1.82) is 0 Å². The number of hydrogen-bond donors (Lipinski definition) is 0. The molecule has 0 atom stereocenters. The Labute approximate surface area is 90.9 Å². The van der Waals surface area contributed by atoms with Crippen LogP contribution in [-0.2, 0) is 0 Å². The zero-order valence-electron chi connectivity index (χ0n) is 8.48. The topological polar surface area (TPSA) is 0 Å². The fourth-order valence-electron chi connectivity index (χ4n) is 1.05. The third-order valence-corrected chi connectivity index (χ3v) is 2.35. The maximum Gasteiger partial charge on any atom is 0.00922 e. The minimum absolute atomic E-state index is 1.05. The van der Waals surface area contributed by atoms with Gasteiger partial charge in [0.25, 0.3) is 0 Å². The summed E-state index contributed by atoms with van der Waals surface area (Å²) in [4.78, 5) is 0. The van der Waals surface area contributed by atoms with E-state index in [2.05, 4.69) is 27.8 Å². The van der Waals surface area contributed by atoms with Gasteiger partial charge in [-0.1, -0.05) is 53.1 Å². The third-order valence-electron chi connectivity index (χ3n) is 1.79. The molecule has 0 aliphatic rings. The molecule has 0 spiro atoms. The van der Waals surface area contributed by atoms with Crippen LogP contribution < -0.4 is 0 Å².